The third-order valence-corrected chi connectivity index (χ3v) is 3.55. The molecule has 0 aromatic carbocycles. The van der Waals surface area contributed by atoms with Crippen LogP contribution in [0.3, 0.4) is 0 Å². The van der Waals surface area contributed by atoms with E-state index in [4.69, 9.17) is 4.74 Å². The smallest absolute Gasteiger partial charge is 0.228 e. The molecule has 2 fully saturated rings. The summed E-state index contributed by atoms with van der Waals surface area (Å²) in [6, 6.07) is 0. The fourth-order valence-electron chi connectivity index (χ4n) is 2.56. The lowest BCUT2D eigenvalue weighted by molar-refractivity contribution is -0.137. The van der Waals surface area contributed by atoms with Crippen molar-refractivity contribution in [3.05, 3.63) is 0 Å². The Morgan fingerprint density at radius 2 is 2.35 bits per heavy atom. The highest BCUT2D eigenvalue weighted by Crippen LogP contribution is 2.25. The summed E-state index contributed by atoms with van der Waals surface area (Å²) < 4.78 is 5.55. The van der Waals surface area contributed by atoms with E-state index in [-0.39, 0.29) is 23.8 Å². The zero-order valence-electron chi connectivity index (χ0n) is 10.3. The van der Waals surface area contributed by atoms with E-state index >= 15 is 0 Å². The van der Waals surface area contributed by atoms with Crippen LogP contribution >= 0.6 is 0 Å². The molecule has 5 heteroatoms. The molecule has 0 aliphatic carbocycles. The van der Waals surface area contributed by atoms with Crippen molar-refractivity contribution in [3.8, 4) is 0 Å². The van der Waals surface area contributed by atoms with Gasteiger partial charge in [0.1, 0.15) is 0 Å². The average Bonchev–Trinajstić information content (AvgIpc) is 2.70. The monoisotopic (exact) mass is 240 g/mol. The van der Waals surface area contributed by atoms with Gasteiger partial charge in [0.2, 0.25) is 11.8 Å². The van der Waals surface area contributed by atoms with E-state index in [0.29, 0.717) is 32.7 Å². The Morgan fingerprint density at radius 1 is 1.53 bits per heavy atom. The van der Waals surface area contributed by atoms with Crippen molar-refractivity contribution in [1.82, 2.24) is 10.2 Å². The molecule has 2 amide bonds. The van der Waals surface area contributed by atoms with Gasteiger partial charge in [-0.15, -0.1) is 0 Å². The molecule has 2 heterocycles. The van der Waals surface area contributed by atoms with E-state index in [1.54, 1.807) is 4.90 Å². The molecule has 96 valence electrons. The maximum atomic E-state index is 12.3. The molecule has 2 aliphatic heterocycles. The summed E-state index contributed by atoms with van der Waals surface area (Å²) in [4.78, 5) is 25.4. The van der Waals surface area contributed by atoms with Crippen molar-refractivity contribution < 1.29 is 14.3 Å². The van der Waals surface area contributed by atoms with Crippen molar-refractivity contribution in [2.24, 2.45) is 5.92 Å². The topological polar surface area (TPSA) is 58.6 Å². The molecule has 0 aromatic heterocycles. The molecule has 0 spiro atoms. The lowest BCUT2D eigenvalue weighted by Gasteiger charge is -2.25. The largest absolute Gasteiger partial charge is 0.377 e. The summed E-state index contributed by atoms with van der Waals surface area (Å²) in [5.41, 5.74) is 0. The molecule has 0 radical (unpaired) electrons. The summed E-state index contributed by atoms with van der Waals surface area (Å²) in [7, 11) is 0. The molecule has 2 aliphatic rings. The number of amides is 2. The van der Waals surface area contributed by atoms with Gasteiger partial charge in [0.25, 0.3) is 0 Å². The minimum Gasteiger partial charge on any atom is -0.377 e. The molecule has 2 unspecified atom stereocenters. The highest BCUT2D eigenvalue weighted by molar-refractivity contribution is 5.82. The minimum absolute atomic E-state index is 0.00629. The molecule has 2 saturated heterocycles. The van der Waals surface area contributed by atoms with E-state index in [2.05, 4.69) is 5.32 Å². The summed E-state index contributed by atoms with van der Waals surface area (Å²) in [6.07, 6.45) is 2.17. The maximum absolute atomic E-state index is 12.3. The summed E-state index contributed by atoms with van der Waals surface area (Å²) in [5.74, 6) is 0.189. The van der Waals surface area contributed by atoms with Crippen LogP contribution in [0.5, 0.6) is 0 Å². The standard InChI is InChI=1S/C12H20N2O3/c1-2-10-9(4-8-17-10)12(16)14-6-3-11(15)13-5-7-14/h9-10H,2-8H2,1H3,(H,13,15). The normalized spacial score (nSPS) is 29.9. The lowest BCUT2D eigenvalue weighted by atomic mass is 9.98. The number of carbonyl (C=O) groups is 2. The molecule has 0 bridgehead atoms. The Labute approximate surface area is 101 Å². The van der Waals surface area contributed by atoms with Crippen molar-refractivity contribution in [2.45, 2.75) is 32.3 Å². The van der Waals surface area contributed by atoms with Gasteiger partial charge in [-0.1, -0.05) is 6.92 Å². The molecule has 2 atom stereocenters. The van der Waals surface area contributed by atoms with Gasteiger partial charge in [-0.3, -0.25) is 9.59 Å². The zero-order chi connectivity index (χ0) is 12.3. The van der Waals surface area contributed by atoms with Gasteiger partial charge in [0, 0.05) is 32.7 Å². The van der Waals surface area contributed by atoms with Crippen LogP contribution in [0.1, 0.15) is 26.2 Å². The third-order valence-electron chi connectivity index (χ3n) is 3.55. The third kappa shape index (κ3) is 2.77. The van der Waals surface area contributed by atoms with Gasteiger partial charge < -0.3 is 15.0 Å². The van der Waals surface area contributed by atoms with E-state index in [9.17, 15) is 9.59 Å². The predicted molar refractivity (Wildman–Crippen MR) is 62.3 cm³/mol. The lowest BCUT2D eigenvalue weighted by Crippen LogP contribution is -2.41. The minimum atomic E-state index is -0.00629. The molecule has 0 saturated carbocycles. The van der Waals surface area contributed by atoms with E-state index in [1.807, 2.05) is 6.92 Å². The summed E-state index contributed by atoms with van der Waals surface area (Å²) >= 11 is 0. The van der Waals surface area contributed by atoms with Crippen molar-refractivity contribution in [1.29, 1.82) is 0 Å². The Balaban J connectivity index is 1.96. The molecule has 2 rings (SSSR count). The Bertz CT molecular complexity index is 306. The molecule has 5 nitrogen and oxygen atoms in total. The number of carbonyl (C=O) groups excluding carboxylic acids is 2. The average molecular weight is 240 g/mol. The van der Waals surface area contributed by atoms with Crippen LogP contribution in [0, 0.1) is 5.92 Å². The second-order valence-electron chi connectivity index (χ2n) is 4.64. The van der Waals surface area contributed by atoms with Crippen LogP contribution in [0.2, 0.25) is 0 Å². The van der Waals surface area contributed by atoms with Gasteiger partial charge in [0.15, 0.2) is 0 Å². The predicted octanol–water partition coefficient (Wildman–Crippen LogP) is 0.150. The van der Waals surface area contributed by atoms with Gasteiger partial charge in [0.05, 0.1) is 12.0 Å². The van der Waals surface area contributed by atoms with Crippen LogP contribution in [0.4, 0.5) is 0 Å². The maximum Gasteiger partial charge on any atom is 0.228 e. The second-order valence-corrected chi connectivity index (χ2v) is 4.64. The first-order chi connectivity index (χ1) is 8.22. The first kappa shape index (κ1) is 12.4. The molecule has 1 N–H and O–H groups in total. The highest BCUT2D eigenvalue weighted by Gasteiger charge is 2.35. The Morgan fingerprint density at radius 3 is 3.12 bits per heavy atom. The highest BCUT2D eigenvalue weighted by atomic mass is 16.5. The fraction of sp³-hybridized carbons (Fsp3) is 0.833. The number of hydrogen-bond acceptors (Lipinski definition) is 3. The SMILES string of the molecule is CCC1OCCC1C(=O)N1CCNC(=O)CC1. The summed E-state index contributed by atoms with van der Waals surface area (Å²) in [6.45, 7) is 4.45. The van der Waals surface area contributed by atoms with Gasteiger partial charge in [-0.05, 0) is 12.8 Å². The number of nitrogens with zero attached hydrogens (tertiary/aromatic N) is 1. The first-order valence-corrected chi connectivity index (χ1v) is 6.39. The zero-order valence-corrected chi connectivity index (χ0v) is 10.3. The number of ether oxygens (including phenoxy) is 1. The second kappa shape index (κ2) is 5.49. The van der Waals surface area contributed by atoms with E-state index in [0.717, 1.165) is 12.8 Å². The molecule has 17 heavy (non-hydrogen) atoms. The van der Waals surface area contributed by atoms with Crippen molar-refractivity contribution in [3.63, 3.8) is 0 Å². The van der Waals surface area contributed by atoms with Gasteiger partial charge >= 0.3 is 0 Å². The number of hydrogen-bond donors (Lipinski definition) is 1. The quantitative estimate of drug-likeness (QED) is 0.747. The van der Waals surface area contributed by atoms with E-state index in [1.165, 1.54) is 0 Å². The van der Waals surface area contributed by atoms with Crippen molar-refractivity contribution >= 4 is 11.8 Å². The summed E-state index contributed by atoms with van der Waals surface area (Å²) in [5, 5.41) is 2.78. The fourth-order valence-corrected chi connectivity index (χ4v) is 2.56. The number of nitrogens with one attached hydrogen (secondary N) is 1. The van der Waals surface area contributed by atoms with Gasteiger partial charge in [-0.25, -0.2) is 0 Å². The molecular formula is C12H20N2O3. The van der Waals surface area contributed by atoms with Crippen LogP contribution in [0.25, 0.3) is 0 Å². The Kier molecular flexibility index (Phi) is 3.99. The van der Waals surface area contributed by atoms with E-state index < -0.39 is 0 Å². The molecule has 0 aromatic rings. The molecular weight excluding hydrogens is 220 g/mol. The van der Waals surface area contributed by atoms with Crippen LogP contribution < -0.4 is 5.32 Å². The van der Waals surface area contributed by atoms with Crippen LogP contribution in [0.15, 0.2) is 0 Å². The Hall–Kier alpha value is -1.10. The first-order valence-electron chi connectivity index (χ1n) is 6.39. The number of rotatable bonds is 2. The van der Waals surface area contributed by atoms with Crippen molar-refractivity contribution in [2.75, 3.05) is 26.2 Å². The van der Waals surface area contributed by atoms with Gasteiger partial charge in [-0.2, -0.15) is 0 Å². The van der Waals surface area contributed by atoms with Crippen LogP contribution in [-0.2, 0) is 14.3 Å². The van der Waals surface area contributed by atoms with Crippen LogP contribution in [-0.4, -0.2) is 49.1 Å².